The fraction of sp³-hybridized carbons (Fsp3) is 0.412. The molecule has 0 saturated carbocycles. The van der Waals surface area contributed by atoms with Crippen LogP contribution in [0, 0.1) is 0 Å². The van der Waals surface area contributed by atoms with Crippen LogP contribution < -0.4 is 4.74 Å². The minimum atomic E-state index is -0.528. The smallest absolute Gasteiger partial charge is 0.129 e. The Hall–Kier alpha value is -1.82. The zero-order chi connectivity index (χ0) is 15.2. The Kier molecular flexibility index (Phi) is 5.11. The van der Waals surface area contributed by atoms with Crippen molar-refractivity contribution in [1.82, 2.24) is 4.90 Å². The lowest BCUT2D eigenvalue weighted by atomic mass is 10.2. The Bertz CT molecular complexity index is 570. The van der Waals surface area contributed by atoms with Gasteiger partial charge >= 0.3 is 0 Å². The summed E-state index contributed by atoms with van der Waals surface area (Å²) in [5.74, 6) is 1.71. The van der Waals surface area contributed by atoms with E-state index >= 15 is 0 Å². The van der Waals surface area contributed by atoms with Gasteiger partial charge in [0.2, 0.25) is 0 Å². The molecule has 0 amide bonds. The van der Waals surface area contributed by atoms with Crippen molar-refractivity contribution in [1.29, 1.82) is 0 Å². The van der Waals surface area contributed by atoms with E-state index in [1.165, 1.54) is 0 Å². The first-order valence-electron chi connectivity index (χ1n) is 7.52. The second-order valence-electron chi connectivity index (χ2n) is 5.44. The van der Waals surface area contributed by atoms with Crippen LogP contribution in [-0.4, -0.2) is 42.4 Å². The highest BCUT2D eigenvalue weighted by Gasteiger charge is 2.17. The van der Waals surface area contributed by atoms with Crippen molar-refractivity contribution in [2.45, 2.75) is 19.3 Å². The number of hydrogen-bond acceptors (Lipinski definition) is 5. The van der Waals surface area contributed by atoms with E-state index in [9.17, 15) is 5.11 Å². The second kappa shape index (κ2) is 7.45. The zero-order valence-electron chi connectivity index (χ0n) is 12.5. The van der Waals surface area contributed by atoms with E-state index in [0.29, 0.717) is 26.4 Å². The van der Waals surface area contributed by atoms with Crippen LogP contribution in [0.25, 0.3) is 0 Å². The summed E-state index contributed by atoms with van der Waals surface area (Å²) in [6.07, 6.45) is 1.09. The van der Waals surface area contributed by atoms with Gasteiger partial charge in [-0.15, -0.1) is 0 Å². The van der Waals surface area contributed by atoms with Gasteiger partial charge in [-0.1, -0.05) is 18.2 Å². The van der Waals surface area contributed by atoms with Crippen LogP contribution in [-0.2, 0) is 17.9 Å². The number of benzene rings is 1. The van der Waals surface area contributed by atoms with Gasteiger partial charge in [0.1, 0.15) is 24.7 Å². The number of hydrogen-bond donors (Lipinski definition) is 1. The van der Waals surface area contributed by atoms with E-state index < -0.39 is 6.10 Å². The molecule has 1 N–H and O–H groups in total. The van der Waals surface area contributed by atoms with Gasteiger partial charge in [0.25, 0.3) is 0 Å². The largest absolute Gasteiger partial charge is 0.492 e. The Balaban J connectivity index is 1.46. The van der Waals surface area contributed by atoms with Gasteiger partial charge in [-0.25, -0.2) is 0 Å². The van der Waals surface area contributed by atoms with Crippen molar-refractivity contribution in [2.24, 2.45) is 0 Å². The lowest BCUT2D eigenvalue weighted by Crippen LogP contribution is -2.35. The molecule has 2 heterocycles. The highest BCUT2D eigenvalue weighted by molar-refractivity contribution is 5.33. The average molecular weight is 303 g/mol. The van der Waals surface area contributed by atoms with Crippen LogP contribution in [0.5, 0.6) is 5.75 Å². The van der Waals surface area contributed by atoms with Crippen LogP contribution in [0.2, 0.25) is 0 Å². The van der Waals surface area contributed by atoms with E-state index in [0.717, 1.165) is 30.2 Å². The summed E-state index contributed by atoms with van der Waals surface area (Å²) < 4.78 is 16.4. The van der Waals surface area contributed by atoms with Crippen LogP contribution in [0.1, 0.15) is 11.3 Å². The lowest BCUT2D eigenvalue weighted by molar-refractivity contribution is 0.00338. The van der Waals surface area contributed by atoms with E-state index in [-0.39, 0.29) is 0 Å². The number of fused-ring (bicyclic) bond motifs is 1. The molecule has 1 aliphatic heterocycles. The van der Waals surface area contributed by atoms with Gasteiger partial charge in [-0.3, -0.25) is 4.90 Å². The molecule has 0 spiro atoms. The number of β-amino-alcohol motifs (C(OH)–C–C–N with tert-alkyl or cyclic N) is 1. The molecule has 0 radical (unpaired) electrons. The summed E-state index contributed by atoms with van der Waals surface area (Å²) in [5.41, 5.74) is 1.16. The highest BCUT2D eigenvalue weighted by Crippen LogP contribution is 2.22. The number of rotatable bonds is 6. The number of ether oxygens (including phenoxy) is 2. The quantitative estimate of drug-likeness (QED) is 0.885. The van der Waals surface area contributed by atoms with Crippen LogP contribution in [0.4, 0.5) is 0 Å². The van der Waals surface area contributed by atoms with Crippen molar-refractivity contribution >= 4 is 0 Å². The van der Waals surface area contributed by atoms with Gasteiger partial charge in [0.15, 0.2) is 0 Å². The Morgan fingerprint density at radius 1 is 1.23 bits per heavy atom. The molecule has 5 heteroatoms. The fourth-order valence-electron chi connectivity index (χ4n) is 2.58. The molecule has 0 fully saturated rings. The maximum absolute atomic E-state index is 10.1. The highest BCUT2D eigenvalue weighted by atomic mass is 16.5. The van der Waals surface area contributed by atoms with Crippen molar-refractivity contribution in [3.63, 3.8) is 0 Å². The third kappa shape index (κ3) is 4.10. The number of para-hydroxylation sites is 1. The average Bonchev–Trinajstić information content (AvgIpc) is 2.94. The number of furan rings is 1. The molecule has 22 heavy (non-hydrogen) atoms. The van der Waals surface area contributed by atoms with Gasteiger partial charge in [0, 0.05) is 25.2 Å². The first-order chi connectivity index (χ1) is 10.8. The molecule has 1 aliphatic rings. The van der Waals surface area contributed by atoms with E-state index in [4.69, 9.17) is 13.9 Å². The first-order valence-corrected chi connectivity index (χ1v) is 7.52. The Morgan fingerprint density at radius 2 is 2.14 bits per heavy atom. The summed E-state index contributed by atoms with van der Waals surface area (Å²) in [7, 11) is 0. The molecule has 0 unspecified atom stereocenters. The standard InChI is InChI=1S/C17H21NO4/c19-15(12-20-13-16-5-3-8-21-16)11-18-7-9-22-17-6-2-1-4-14(17)10-18/h1-6,8,15,19H,7,9-13H2/t15-/m0/s1. The van der Waals surface area contributed by atoms with Crippen molar-refractivity contribution in [3.05, 3.63) is 54.0 Å². The van der Waals surface area contributed by atoms with E-state index in [1.807, 2.05) is 30.3 Å². The van der Waals surface area contributed by atoms with Gasteiger partial charge in [-0.2, -0.15) is 0 Å². The summed E-state index contributed by atoms with van der Waals surface area (Å²) in [6.45, 7) is 3.46. The molecule has 1 aromatic carbocycles. The minimum absolute atomic E-state index is 0.291. The summed E-state index contributed by atoms with van der Waals surface area (Å²) in [4.78, 5) is 2.19. The lowest BCUT2D eigenvalue weighted by Gasteiger charge is -2.22. The zero-order valence-corrected chi connectivity index (χ0v) is 12.5. The predicted molar refractivity (Wildman–Crippen MR) is 81.6 cm³/mol. The van der Waals surface area contributed by atoms with Crippen LogP contribution in [0.3, 0.4) is 0 Å². The Morgan fingerprint density at radius 3 is 3.00 bits per heavy atom. The molecule has 2 aromatic rings. The van der Waals surface area contributed by atoms with Crippen molar-refractivity contribution in [2.75, 3.05) is 26.3 Å². The summed E-state index contributed by atoms with van der Waals surface area (Å²) in [6, 6.07) is 11.7. The third-order valence-corrected chi connectivity index (χ3v) is 3.64. The predicted octanol–water partition coefficient (Wildman–Crippen LogP) is 2.05. The number of aliphatic hydroxyl groups excluding tert-OH is 1. The molecule has 3 rings (SSSR count). The molecule has 1 atom stereocenters. The van der Waals surface area contributed by atoms with Crippen molar-refractivity contribution in [3.8, 4) is 5.75 Å². The molecular weight excluding hydrogens is 282 g/mol. The van der Waals surface area contributed by atoms with E-state index in [1.54, 1.807) is 6.26 Å². The van der Waals surface area contributed by atoms with Crippen LogP contribution in [0.15, 0.2) is 47.1 Å². The summed E-state index contributed by atoms with van der Waals surface area (Å²) >= 11 is 0. The molecule has 0 aliphatic carbocycles. The van der Waals surface area contributed by atoms with E-state index in [2.05, 4.69) is 11.0 Å². The molecule has 5 nitrogen and oxygen atoms in total. The molecule has 118 valence electrons. The topological polar surface area (TPSA) is 55.1 Å². The molecule has 0 saturated heterocycles. The van der Waals surface area contributed by atoms with Gasteiger partial charge in [-0.05, 0) is 18.2 Å². The maximum Gasteiger partial charge on any atom is 0.129 e. The SMILES string of the molecule is O[C@H](COCc1ccco1)CN1CCOc2ccccc2C1. The summed E-state index contributed by atoms with van der Waals surface area (Å²) in [5, 5.41) is 10.1. The third-order valence-electron chi connectivity index (χ3n) is 3.64. The molecule has 1 aromatic heterocycles. The molecular formula is C17H21NO4. The Labute approximate surface area is 130 Å². The molecule has 0 bridgehead atoms. The monoisotopic (exact) mass is 303 g/mol. The number of nitrogens with zero attached hydrogens (tertiary/aromatic N) is 1. The minimum Gasteiger partial charge on any atom is -0.492 e. The fourth-order valence-corrected chi connectivity index (χ4v) is 2.58. The first kappa shape index (κ1) is 15.1. The van der Waals surface area contributed by atoms with Gasteiger partial charge < -0.3 is 19.0 Å². The van der Waals surface area contributed by atoms with Crippen molar-refractivity contribution < 1.29 is 19.0 Å². The van der Waals surface area contributed by atoms with Crippen LogP contribution >= 0.6 is 0 Å². The second-order valence-corrected chi connectivity index (χ2v) is 5.44. The van der Waals surface area contributed by atoms with Gasteiger partial charge in [0.05, 0.1) is 19.0 Å². The number of aliphatic hydroxyl groups is 1. The normalized spacial score (nSPS) is 16.6. The maximum atomic E-state index is 10.1.